The van der Waals surface area contributed by atoms with Gasteiger partial charge in [0.15, 0.2) is 0 Å². The van der Waals surface area contributed by atoms with Crippen LogP contribution in [0.3, 0.4) is 0 Å². The second kappa shape index (κ2) is 9.97. The molecule has 1 amide bonds. The first-order valence-corrected chi connectivity index (χ1v) is 11.9. The van der Waals surface area contributed by atoms with Crippen LogP contribution in [0.1, 0.15) is 21.6 Å². The Morgan fingerprint density at radius 2 is 1.43 bits per heavy atom. The summed E-state index contributed by atoms with van der Waals surface area (Å²) in [6.45, 7) is 6.81. The Kier molecular flexibility index (Phi) is 6.44. The fraction of sp³-hybridized carbons (Fsp3) is 0.207. The number of rotatable bonds is 5. The van der Waals surface area contributed by atoms with Crippen LogP contribution in [0.5, 0.6) is 0 Å². The molecule has 1 aromatic heterocycles. The van der Waals surface area contributed by atoms with Crippen molar-refractivity contribution in [3.05, 3.63) is 102 Å². The molecule has 2 heterocycles. The highest BCUT2D eigenvalue weighted by Crippen LogP contribution is 2.22. The molecule has 4 aromatic rings. The fourth-order valence-electron chi connectivity index (χ4n) is 4.29. The fourth-order valence-corrected chi connectivity index (χ4v) is 4.29. The minimum atomic E-state index is 0.0739. The van der Waals surface area contributed by atoms with Crippen LogP contribution in [0, 0.1) is 13.8 Å². The van der Waals surface area contributed by atoms with Gasteiger partial charge in [0.2, 0.25) is 5.95 Å². The number of carbonyl (C=O) groups excluding carboxylic acids is 1. The SMILES string of the molecule is Cc1ccc(Nc2nc(C)cc(N3CCN(C(=O)c4ccc(-c5ccccc5)cc4)CC3)n2)cc1. The average Bonchev–Trinajstić information content (AvgIpc) is 2.90. The Hall–Kier alpha value is -4.19. The van der Waals surface area contributed by atoms with E-state index >= 15 is 0 Å². The zero-order valence-electron chi connectivity index (χ0n) is 20.1. The van der Waals surface area contributed by atoms with E-state index in [4.69, 9.17) is 4.98 Å². The van der Waals surface area contributed by atoms with E-state index in [1.165, 1.54) is 5.56 Å². The van der Waals surface area contributed by atoms with Crippen LogP contribution < -0.4 is 10.2 Å². The maximum absolute atomic E-state index is 13.1. The summed E-state index contributed by atoms with van der Waals surface area (Å²) in [7, 11) is 0. The summed E-state index contributed by atoms with van der Waals surface area (Å²) in [5.41, 5.74) is 6.06. The first kappa shape index (κ1) is 22.6. The number of carbonyl (C=O) groups is 1. The highest BCUT2D eigenvalue weighted by atomic mass is 16.2. The largest absolute Gasteiger partial charge is 0.353 e. The van der Waals surface area contributed by atoms with E-state index < -0.39 is 0 Å². The molecule has 6 heteroatoms. The monoisotopic (exact) mass is 463 g/mol. The van der Waals surface area contributed by atoms with Crippen LogP contribution in [-0.2, 0) is 0 Å². The zero-order chi connectivity index (χ0) is 24.2. The van der Waals surface area contributed by atoms with Gasteiger partial charge in [-0.25, -0.2) is 4.98 Å². The molecular formula is C29H29N5O. The van der Waals surface area contributed by atoms with Crippen LogP contribution in [0.25, 0.3) is 11.1 Å². The van der Waals surface area contributed by atoms with E-state index in [-0.39, 0.29) is 5.91 Å². The van der Waals surface area contributed by atoms with Crippen molar-refractivity contribution >= 4 is 23.4 Å². The number of amides is 1. The summed E-state index contributed by atoms with van der Waals surface area (Å²) in [4.78, 5) is 26.5. The molecule has 0 atom stereocenters. The minimum absolute atomic E-state index is 0.0739. The second-order valence-corrected chi connectivity index (χ2v) is 8.90. The van der Waals surface area contributed by atoms with Crippen molar-refractivity contribution < 1.29 is 4.79 Å². The number of aryl methyl sites for hydroxylation is 2. The number of hydrogen-bond acceptors (Lipinski definition) is 5. The quantitative estimate of drug-likeness (QED) is 0.425. The van der Waals surface area contributed by atoms with Gasteiger partial charge in [0.1, 0.15) is 5.82 Å². The molecule has 0 unspecified atom stereocenters. The molecule has 5 rings (SSSR count). The molecule has 1 aliphatic heterocycles. The van der Waals surface area contributed by atoms with E-state index in [0.717, 1.165) is 47.0 Å². The lowest BCUT2D eigenvalue weighted by atomic mass is 10.0. The predicted molar refractivity (Wildman–Crippen MR) is 141 cm³/mol. The number of piperazine rings is 1. The van der Waals surface area contributed by atoms with Gasteiger partial charge in [0.05, 0.1) is 0 Å². The predicted octanol–water partition coefficient (Wildman–Crippen LogP) is 5.47. The van der Waals surface area contributed by atoms with Crippen LogP contribution in [-0.4, -0.2) is 47.0 Å². The third-order valence-corrected chi connectivity index (χ3v) is 6.28. The van der Waals surface area contributed by atoms with Crippen LogP contribution in [0.4, 0.5) is 17.5 Å². The van der Waals surface area contributed by atoms with Crippen molar-refractivity contribution in [1.82, 2.24) is 14.9 Å². The van der Waals surface area contributed by atoms with E-state index in [9.17, 15) is 4.79 Å². The Labute approximate surface area is 206 Å². The van der Waals surface area contributed by atoms with Gasteiger partial charge < -0.3 is 15.1 Å². The third kappa shape index (κ3) is 5.32. The Bertz CT molecular complexity index is 1300. The summed E-state index contributed by atoms with van der Waals surface area (Å²) in [6.07, 6.45) is 0. The van der Waals surface area contributed by atoms with E-state index in [2.05, 4.69) is 46.4 Å². The Balaban J connectivity index is 1.22. The molecule has 1 N–H and O–H groups in total. The van der Waals surface area contributed by atoms with E-state index in [1.54, 1.807) is 0 Å². The first-order valence-electron chi connectivity index (χ1n) is 11.9. The maximum atomic E-state index is 13.1. The van der Waals surface area contributed by atoms with Gasteiger partial charge >= 0.3 is 0 Å². The first-order chi connectivity index (χ1) is 17.0. The van der Waals surface area contributed by atoms with Gasteiger partial charge in [-0.15, -0.1) is 0 Å². The highest BCUT2D eigenvalue weighted by molar-refractivity contribution is 5.95. The maximum Gasteiger partial charge on any atom is 0.253 e. The number of benzene rings is 3. The van der Waals surface area contributed by atoms with Gasteiger partial charge in [0.25, 0.3) is 5.91 Å². The van der Waals surface area contributed by atoms with Crippen LogP contribution in [0.2, 0.25) is 0 Å². The van der Waals surface area contributed by atoms with Gasteiger partial charge in [0, 0.05) is 49.2 Å². The zero-order valence-corrected chi connectivity index (χ0v) is 20.1. The summed E-state index contributed by atoms with van der Waals surface area (Å²) in [5, 5.41) is 3.30. The van der Waals surface area contributed by atoms with Gasteiger partial charge in [-0.3, -0.25) is 4.79 Å². The lowest BCUT2D eigenvalue weighted by molar-refractivity contribution is 0.0746. The van der Waals surface area contributed by atoms with Gasteiger partial charge in [-0.05, 0) is 49.2 Å². The molecule has 3 aromatic carbocycles. The molecule has 0 radical (unpaired) electrons. The third-order valence-electron chi connectivity index (χ3n) is 6.28. The topological polar surface area (TPSA) is 61.4 Å². The van der Waals surface area contributed by atoms with Crippen molar-refractivity contribution in [2.75, 3.05) is 36.4 Å². The number of nitrogens with one attached hydrogen (secondary N) is 1. The molecule has 1 saturated heterocycles. The number of aromatic nitrogens is 2. The molecule has 176 valence electrons. The second-order valence-electron chi connectivity index (χ2n) is 8.90. The average molecular weight is 464 g/mol. The molecule has 1 aliphatic rings. The molecular weight excluding hydrogens is 434 g/mol. The summed E-state index contributed by atoms with van der Waals surface area (Å²) in [5.74, 6) is 1.54. The molecule has 1 fully saturated rings. The number of anilines is 3. The van der Waals surface area contributed by atoms with E-state index in [1.807, 2.05) is 72.5 Å². The Morgan fingerprint density at radius 3 is 2.11 bits per heavy atom. The summed E-state index contributed by atoms with van der Waals surface area (Å²) < 4.78 is 0. The standard InChI is InChI=1S/C29H29N5O/c1-21-8-14-26(15-9-21)31-29-30-22(2)20-27(32-29)33-16-18-34(19-17-33)28(35)25-12-10-24(11-13-25)23-6-4-3-5-7-23/h3-15,20H,16-19H2,1-2H3,(H,30,31,32). The van der Waals surface area contributed by atoms with Crippen LogP contribution in [0.15, 0.2) is 84.9 Å². The lowest BCUT2D eigenvalue weighted by Crippen LogP contribution is -2.49. The van der Waals surface area contributed by atoms with Crippen molar-refractivity contribution in [3.8, 4) is 11.1 Å². The highest BCUT2D eigenvalue weighted by Gasteiger charge is 2.23. The molecule has 0 spiro atoms. The Morgan fingerprint density at radius 1 is 0.771 bits per heavy atom. The smallest absolute Gasteiger partial charge is 0.253 e. The van der Waals surface area contributed by atoms with Gasteiger partial charge in [-0.2, -0.15) is 4.98 Å². The van der Waals surface area contributed by atoms with Crippen molar-refractivity contribution in [2.45, 2.75) is 13.8 Å². The normalized spacial score (nSPS) is 13.5. The van der Waals surface area contributed by atoms with Crippen molar-refractivity contribution in [2.24, 2.45) is 0 Å². The number of nitrogens with zero attached hydrogens (tertiary/aromatic N) is 4. The molecule has 6 nitrogen and oxygen atoms in total. The molecule has 35 heavy (non-hydrogen) atoms. The molecule has 0 saturated carbocycles. The summed E-state index contributed by atoms with van der Waals surface area (Å²) >= 11 is 0. The number of hydrogen-bond donors (Lipinski definition) is 1. The van der Waals surface area contributed by atoms with Crippen molar-refractivity contribution in [1.29, 1.82) is 0 Å². The molecule has 0 aliphatic carbocycles. The van der Waals surface area contributed by atoms with E-state index in [0.29, 0.717) is 19.0 Å². The lowest BCUT2D eigenvalue weighted by Gasteiger charge is -2.35. The summed E-state index contributed by atoms with van der Waals surface area (Å²) in [6, 6.07) is 28.3. The van der Waals surface area contributed by atoms with Crippen LogP contribution >= 0.6 is 0 Å². The van der Waals surface area contributed by atoms with Gasteiger partial charge in [-0.1, -0.05) is 60.2 Å². The van der Waals surface area contributed by atoms with Crippen molar-refractivity contribution in [3.63, 3.8) is 0 Å². The minimum Gasteiger partial charge on any atom is -0.353 e. The molecule has 0 bridgehead atoms.